The Morgan fingerprint density at radius 1 is 1.30 bits per heavy atom. The lowest BCUT2D eigenvalue weighted by atomic mass is 10.1. The largest absolute Gasteiger partial charge is 0.369 e. The van der Waals surface area contributed by atoms with E-state index in [4.69, 9.17) is 4.74 Å². The summed E-state index contributed by atoms with van der Waals surface area (Å²) in [6, 6.07) is 6.07. The van der Waals surface area contributed by atoms with Gasteiger partial charge >= 0.3 is 0 Å². The van der Waals surface area contributed by atoms with E-state index in [0.29, 0.717) is 29.2 Å². The van der Waals surface area contributed by atoms with E-state index in [9.17, 15) is 12.8 Å². The number of nitrogens with zero attached hydrogens (tertiary/aromatic N) is 5. The molecule has 4 rings (SSSR count). The van der Waals surface area contributed by atoms with Gasteiger partial charge in [-0.15, -0.1) is 0 Å². The molecule has 3 aromatic rings. The Bertz CT molecular complexity index is 1160. The van der Waals surface area contributed by atoms with Gasteiger partial charge in [-0.2, -0.15) is 9.40 Å². The van der Waals surface area contributed by atoms with Gasteiger partial charge in [0.1, 0.15) is 16.8 Å². The van der Waals surface area contributed by atoms with Gasteiger partial charge in [0.05, 0.1) is 36.1 Å². The van der Waals surface area contributed by atoms with Crippen LogP contribution in [0.15, 0.2) is 47.8 Å². The first kappa shape index (κ1) is 20.6. The van der Waals surface area contributed by atoms with E-state index in [1.165, 1.54) is 22.6 Å². The van der Waals surface area contributed by atoms with E-state index in [0.717, 1.165) is 0 Å². The normalized spacial score (nSPS) is 17.9. The maximum atomic E-state index is 13.6. The van der Waals surface area contributed by atoms with Crippen LogP contribution in [0.3, 0.4) is 0 Å². The SMILES string of the molecule is CCn1cc(S(=O)(=O)N2CCO[C@H](c3cncc(-c4cccc(F)c4)n3)C2)c(C)n1. The van der Waals surface area contributed by atoms with Crippen molar-refractivity contribution >= 4 is 10.0 Å². The molecule has 1 fully saturated rings. The first-order valence-corrected chi connectivity index (χ1v) is 11.1. The number of aryl methyl sites for hydroxylation is 2. The predicted octanol–water partition coefficient (Wildman–Crippen LogP) is 2.57. The monoisotopic (exact) mass is 431 g/mol. The summed E-state index contributed by atoms with van der Waals surface area (Å²) in [5.74, 6) is -0.367. The molecule has 0 radical (unpaired) electrons. The summed E-state index contributed by atoms with van der Waals surface area (Å²) in [5.41, 5.74) is 2.05. The van der Waals surface area contributed by atoms with Crippen molar-refractivity contribution in [3.63, 3.8) is 0 Å². The predicted molar refractivity (Wildman–Crippen MR) is 108 cm³/mol. The topological polar surface area (TPSA) is 90.2 Å². The van der Waals surface area contributed by atoms with Crippen molar-refractivity contribution in [2.75, 3.05) is 19.7 Å². The van der Waals surface area contributed by atoms with Gasteiger partial charge in [-0.05, 0) is 26.0 Å². The highest BCUT2D eigenvalue weighted by Gasteiger charge is 2.34. The molecule has 0 unspecified atom stereocenters. The van der Waals surface area contributed by atoms with Gasteiger partial charge in [-0.3, -0.25) is 9.67 Å². The minimum atomic E-state index is -3.72. The van der Waals surface area contributed by atoms with Gasteiger partial charge in [0.25, 0.3) is 0 Å². The molecule has 0 bridgehead atoms. The molecule has 2 aromatic heterocycles. The van der Waals surface area contributed by atoms with E-state index in [2.05, 4.69) is 15.1 Å². The van der Waals surface area contributed by atoms with Crippen LogP contribution in [0.1, 0.15) is 24.4 Å². The molecule has 0 spiro atoms. The Morgan fingerprint density at radius 2 is 2.13 bits per heavy atom. The quantitative estimate of drug-likeness (QED) is 0.617. The van der Waals surface area contributed by atoms with E-state index < -0.39 is 16.1 Å². The maximum Gasteiger partial charge on any atom is 0.246 e. The molecule has 0 aliphatic carbocycles. The summed E-state index contributed by atoms with van der Waals surface area (Å²) in [6.07, 6.45) is 4.07. The van der Waals surface area contributed by atoms with Crippen molar-refractivity contribution in [2.24, 2.45) is 0 Å². The number of rotatable bonds is 5. The average Bonchev–Trinajstić information content (AvgIpc) is 3.15. The van der Waals surface area contributed by atoms with Gasteiger partial charge in [0, 0.05) is 31.4 Å². The van der Waals surface area contributed by atoms with Gasteiger partial charge < -0.3 is 4.74 Å². The molecule has 3 heterocycles. The van der Waals surface area contributed by atoms with Crippen LogP contribution in [0.25, 0.3) is 11.3 Å². The number of hydrogen-bond donors (Lipinski definition) is 0. The fourth-order valence-electron chi connectivity index (χ4n) is 3.40. The van der Waals surface area contributed by atoms with Gasteiger partial charge in [0.2, 0.25) is 10.0 Å². The molecule has 0 saturated carbocycles. The highest BCUT2D eigenvalue weighted by molar-refractivity contribution is 7.89. The van der Waals surface area contributed by atoms with Crippen molar-refractivity contribution in [3.05, 3.63) is 60.1 Å². The molecule has 30 heavy (non-hydrogen) atoms. The summed E-state index contributed by atoms with van der Waals surface area (Å²) in [7, 11) is -3.72. The average molecular weight is 431 g/mol. The highest BCUT2D eigenvalue weighted by Crippen LogP contribution is 2.28. The fraction of sp³-hybridized carbons (Fsp3) is 0.350. The summed E-state index contributed by atoms with van der Waals surface area (Å²) in [4.78, 5) is 8.93. The maximum absolute atomic E-state index is 13.6. The molecule has 1 aliphatic rings. The van der Waals surface area contributed by atoms with E-state index >= 15 is 0 Å². The molecule has 1 saturated heterocycles. The Kier molecular flexibility index (Phi) is 5.63. The van der Waals surface area contributed by atoms with Crippen LogP contribution in [0.5, 0.6) is 0 Å². The molecular weight excluding hydrogens is 409 g/mol. The molecule has 158 valence electrons. The lowest BCUT2D eigenvalue weighted by molar-refractivity contribution is -0.00509. The van der Waals surface area contributed by atoms with Crippen LogP contribution in [-0.2, 0) is 21.3 Å². The summed E-state index contributed by atoms with van der Waals surface area (Å²) in [6.45, 7) is 4.76. The summed E-state index contributed by atoms with van der Waals surface area (Å²) < 4.78 is 48.7. The Balaban J connectivity index is 1.60. The number of benzene rings is 1. The Labute approximate surface area is 174 Å². The minimum Gasteiger partial charge on any atom is -0.369 e. The fourth-order valence-corrected chi connectivity index (χ4v) is 4.99. The lowest BCUT2D eigenvalue weighted by Gasteiger charge is -2.31. The van der Waals surface area contributed by atoms with Crippen LogP contribution in [0, 0.1) is 12.7 Å². The highest BCUT2D eigenvalue weighted by atomic mass is 32.2. The van der Waals surface area contributed by atoms with Crippen LogP contribution >= 0.6 is 0 Å². The second-order valence-electron chi connectivity index (χ2n) is 7.00. The van der Waals surface area contributed by atoms with Crippen LogP contribution in [0.4, 0.5) is 4.39 Å². The molecule has 1 aliphatic heterocycles. The third-order valence-electron chi connectivity index (χ3n) is 4.98. The molecule has 0 N–H and O–H groups in total. The van der Waals surface area contributed by atoms with Crippen molar-refractivity contribution in [3.8, 4) is 11.3 Å². The minimum absolute atomic E-state index is 0.111. The zero-order chi connectivity index (χ0) is 21.3. The third kappa shape index (κ3) is 3.98. The first-order valence-electron chi connectivity index (χ1n) is 9.62. The Hall–Kier alpha value is -2.69. The van der Waals surface area contributed by atoms with E-state index in [-0.39, 0.29) is 30.4 Å². The van der Waals surface area contributed by atoms with Crippen LogP contribution < -0.4 is 0 Å². The van der Waals surface area contributed by atoms with Crippen LogP contribution in [-0.4, -0.2) is 52.2 Å². The number of halogens is 1. The zero-order valence-electron chi connectivity index (χ0n) is 16.7. The van der Waals surface area contributed by atoms with Gasteiger partial charge in [-0.1, -0.05) is 12.1 Å². The second-order valence-corrected chi connectivity index (χ2v) is 8.90. The van der Waals surface area contributed by atoms with E-state index in [1.54, 1.807) is 36.1 Å². The molecule has 10 heteroatoms. The molecular formula is C20H22FN5O3S. The number of aromatic nitrogens is 4. The smallest absolute Gasteiger partial charge is 0.246 e. The van der Waals surface area contributed by atoms with Crippen molar-refractivity contribution in [1.29, 1.82) is 0 Å². The summed E-state index contributed by atoms with van der Waals surface area (Å²) >= 11 is 0. The zero-order valence-corrected chi connectivity index (χ0v) is 17.5. The van der Waals surface area contributed by atoms with Gasteiger partial charge in [-0.25, -0.2) is 17.8 Å². The summed E-state index contributed by atoms with van der Waals surface area (Å²) in [5, 5.41) is 4.25. The van der Waals surface area contributed by atoms with Crippen molar-refractivity contribution in [2.45, 2.75) is 31.4 Å². The number of sulfonamides is 1. The van der Waals surface area contributed by atoms with Crippen molar-refractivity contribution in [1.82, 2.24) is 24.1 Å². The van der Waals surface area contributed by atoms with Crippen molar-refractivity contribution < 1.29 is 17.5 Å². The molecule has 0 amide bonds. The first-order chi connectivity index (χ1) is 14.4. The third-order valence-corrected chi connectivity index (χ3v) is 6.94. The Morgan fingerprint density at radius 3 is 2.87 bits per heavy atom. The standard InChI is InChI=1S/C20H22FN5O3S/c1-3-25-13-20(14(2)24-25)30(27,28)26-7-8-29-19(12-26)18-11-22-10-17(23-18)15-5-4-6-16(21)9-15/h4-6,9-11,13,19H,3,7-8,12H2,1-2H3/t19-/m0/s1. The molecule has 8 nitrogen and oxygen atoms in total. The molecule has 1 aromatic carbocycles. The van der Waals surface area contributed by atoms with E-state index in [1.807, 2.05) is 6.92 Å². The number of hydrogen-bond acceptors (Lipinski definition) is 6. The van der Waals surface area contributed by atoms with Crippen LogP contribution in [0.2, 0.25) is 0 Å². The lowest BCUT2D eigenvalue weighted by Crippen LogP contribution is -2.42. The van der Waals surface area contributed by atoms with Gasteiger partial charge in [0.15, 0.2) is 0 Å². The number of ether oxygens (including phenoxy) is 1. The molecule has 1 atom stereocenters. The number of morpholine rings is 1. The second kappa shape index (κ2) is 8.21.